The lowest BCUT2D eigenvalue weighted by Gasteiger charge is -2.16. The zero-order valence-corrected chi connectivity index (χ0v) is 12.4. The molecule has 20 heavy (non-hydrogen) atoms. The van der Waals surface area contributed by atoms with E-state index in [1.807, 2.05) is 31.2 Å². The minimum absolute atomic E-state index is 0.0190. The van der Waals surface area contributed by atoms with E-state index in [1.165, 1.54) is 0 Å². The monoisotopic (exact) mass is 341 g/mol. The summed E-state index contributed by atoms with van der Waals surface area (Å²) in [6.45, 7) is 2.27. The number of phenolic OH excluding ortho intramolecular Hbond substituents is 1. The summed E-state index contributed by atoms with van der Waals surface area (Å²) in [6.07, 6.45) is 0. The van der Waals surface area contributed by atoms with Gasteiger partial charge in [0.2, 0.25) is 0 Å². The van der Waals surface area contributed by atoms with Gasteiger partial charge >= 0.3 is 0 Å². The van der Waals surface area contributed by atoms with Gasteiger partial charge in [-0.15, -0.1) is 0 Å². The molecule has 0 saturated heterocycles. The van der Waals surface area contributed by atoms with Gasteiger partial charge in [0.25, 0.3) is 0 Å². The van der Waals surface area contributed by atoms with Crippen LogP contribution in [0.4, 0.5) is 8.78 Å². The van der Waals surface area contributed by atoms with Crippen molar-refractivity contribution in [3.05, 3.63) is 63.6 Å². The zero-order valence-electron chi connectivity index (χ0n) is 10.8. The number of nitrogens with one attached hydrogen (secondary N) is 1. The molecule has 0 amide bonds. The molecule has 0 aliphatic carbocycles. The highest BCUT2D eigenvalue weighted by atomic mass is 79.9. The minimum atomic E-state index is -0.949. The Kier molecular flexibility index (Phi) is 4.73. The van der Waals surface area contributed by atoms with E-state index in [2.05, 4.69) is 21.2 Å². The Morgan fingerprint density at radius 1 is 1.20 bits per heavy atom. The highest BCUT2D eigenvalue weighted by Crippen LogP contribution is 2.24. The smallest absolute Gasteiger partial charge is 0.187 e. The summed E-state index contributed by atoms with van der Waals surface area (Å²) in [5.41, 5.74) is 1.50. The Hall–Kier alpha value is -1.46. The molecule has 2 rings (SSSR count). The van der Waals surface area contributed by atoms with Crippen LogP contribution in [-0.4, -0.2) is 5.11 Å². The third kappa shape index (κ3) is 3.35. The SMILES string of the molecule is C[C@@H](NCc1cc(F)c(O)c(F)c1)c1ccccc1Br. The average Bonchev–Trinajstić information content (AvgIpc) is 2.42. The molecular formula is C15H14BrF2NO. The van der Waals surface area contributed by atoms with Gasteiger partial charge in [0.1, 0.15) is 0 Å². The van der Waals surface area contributed by atoms with Gasteiger partial charge in [-0.25, -0.2) is 8.78 Å². The van der Waals surface area contributed by atoms with Crippen LogP contribution in [0.5, 0.6) is 5.75 Å². The van der Waals surface area contributed by atoms with Crippen LogP contribution in [0.2, 0.25) is 0 Å². The van der Waals surface area contributed by atoms with E-state index in [4.69, 9.17) is 5.11 Å². The molecule has 0 saturated carbocycles. The fourth-order valence-electron chi connectivity index (χ4n) is 1.93. The number of aromatic hydroxyl groups is 1. The normalized spacial score (nSPS) is 12.4. The lowest BCUT2D eigenvalue weighted by Crippen LogP contribution is -2.18. The van der Waals surface area contributed by atoms with E-state index in [9.17, 15) is 8.78 Å². The summed E-state index contributed by atoms with van der Waals surface area (Å²) >= 11 is 3.46. The predicted molar refractivity (Wildman–Crippen MR) is 77.4 cm³/mol. The molecule has 0 heterocycles. The van der Waals surface area contributed by atoms with Gasteiger partial charge in [0, 0.05) is 17.1 Å². The molecule has 0 aromatic heterocycles. The first-order valence-electron chi connectivity index (χ1n) is 6.13. The second-order valence-electron chi connectivity index (χ2n) is 4.53. The van der Waals surface area contributed by atoms with Gasteiger partial charge in [-0.05, 0) is 36.2 Å². The molecule has 0 radical (unpaired) electrons. The molecule has 0 unspecified atom stereocenters. The van der Waals surface area contributed by atoms with Gasteiger partial charge < -0.3 is 10.4 Å². The van der Waals surface area contributed by atoms with Crippen molar-refractivity contribution in [2.75, 3.05) is 0 Å². The highest BCUT2D eigenvalue weighted by molar-refractivity contribution is 9.10. The predicted octanol–water partition coefficient (Wildman–Crippen LogP) is 4.28. The second-order valence-corrected chi connectivity index (χ2v) is 5.39. The first-order valence-corrected chi connectivity index (χ1v) is 6.93. The lowest BCUT2D eigenvalue weighted by atomic mass is 10.1. The van der Waals surface area contributed by atoms with Crippen LogP contribution in [0, 0.1) is 11.6 Å². The molecule has 0 aliphatic rings. The third-order valence-corrected chi connectivity index (χ3v) is 3.78. The van der Waals surface area contributed by atoms with Crippen LogP contribution < -0.4 is 5.32 Å². The van der Waals surface area contributed by atoms with Crippen molar-refractivity contribution < 1.29 is 13.9 Å². The van der Waals surface area contributed by atoms with E-state index in [-0.39, 0.29) is 6.04 Å². The highest BCUT2D eigenvalue weighted by Gasteiger charge is 2.11. The van der Waals surface area contributed by atoms with Crippen LogP contribution in [0.3, 0.4) is 0 Å². The van der Waals surface area contributed by atoms with Gasteiger partial charge in [0.05, 0.1) is 0 Å². The van der Waals surface area contributed by atoms with Crippen molar-refractivity contribution in [2.24, 2.45) is 0 Å². The first kappa shape index (κ1) is 14.9. The first-order chi connectivity index (χ1) is 9.49. The molecule has 2 nitrogen and oxygen atoms in total. The zero-order chi connectivity index (χ0) is 14.7. The number of benzene rings is 2. The molecule has 0 bridgehead atoms. The van der Waals surface area contributed by atoms with Crippen molar-refractivity contribution in [3.63, 3.8) is 0 Å². The Balaban J connectivity index is 2.07. The largest absolute Gasteiger partial charge is 0.503 e. The Labute approximate surface area is 124 Å². The summed E-state index contributed by atoms with van der Waals surface area (Å²) in [6, 6.07) is 10.0. The number of hydrogen-bond donors (Lipinski definition) is 2. The fraction of sp³-hybridized carbons (Fsp3) is 0.200. The Morgan fingerprint density at radius 2 is 1.80 bits per heavy atom. The van der Waals surface area contributed by atoms with Crippen molar-refractivity contribution >= 4 is 15.9 Å². The van der Waals surface area contributed by atoms with E-state index in [0.717, 1.165) is 22.2 Å². The summed E-state index contributed by atoms with van der Waals surface area (Å²) in [4.78, 5) is 0. The van der Waals surface area contributed by atoms with Gasteiger partial charge in [-0.3, -0.25) is 0 Å². The summed E-state index contributed by atoms with van der Waals surface area (Å²) in [5.74, 6) is -2.83. The standard InChI is InChI=1S/C15H14BrF2NO/c1-9(11-4-2-3-5-12(11)16)19-8-10-6-13(17)15(20)14(18)7-10/h2-7,9,19-20H,8H2,1H3/t9-/m1/s1. The molecule has 2 aromatic rings. The van der Waals surface area contributed by atoms with Crippen LogP contribution in [0.15, 0.2) is 40.9 Å². The quantitative estimate of drug-likeness (QED) is 0.869. The fourth-order valence-corrected chi connectivity index (χ4v) is 2.56. The minimum Gasteiger partial charge on any atom is -0.503 e. The van der Waals surface area contributed by atoms with E-state index >= 15 is 0 Å². The van der Waals surface area contributed by atoms with Crippen LogP contribution in [-0.2, 0) is 6.54 Å². The van der Waals surface area contributed by atoms with Crippen LogP contribution in [0.25, 0.3) is 0 Å². The van der Waals surface area contributed by atoms with Crippen LogP contribution in [0.1, 0.15) is 24.1 Å². The molecular weight excluding hydrogens is 328 g/mol. The number of halogens is 3. The van der Waals surface area contributed by atoms with E-state index in [1.54, 1.807) is 0 Å². The van der Waals surface area contributed by atoms with Crippen LogP contribution >= 0.6 is 15.9 Å². The molecule has 0 aliphatic heterocycles. The summed E-state index contributed by atoms with van der Waals surface area (Å²) < 4.78 is 27.4. The maximum Gasteiger partial charge on any atom is 0.187 e. The lowest BCUT2D eigenvalue weighted by molar-refractivity contribution is 0.394. The summed E-state index contributed by atoms with van der Waals surface area (Å²) in [7, 11) is 0. The molecule has 2 N–H and O–H groups in total. The van der Waals surface area contributed by atoms with Gasteiger partial charge in [-0.2, -0.15) is 0 Å². The number of hydrogen-bond acceptors (Lipinski definition) is 2. The van der Waals surface area contributed by atoms with Gasteiger partial charge in [-0.1, -0.05) is 34.1 Å². The molecule has 0 spiro atoms. The maximum absolute atomic E-state index is 13.2. The topological polar surface area (TPSA) is 32.3 Å². The third-order valence-electron chi connectivity index (χ3n) is 3.06. The van der Waals surface area contributed by atoms with Gasteiger partial charge in [0.15, 0.2) is 17.4 Å². The van der Waals surface area contributed by atoms with Crippen molar-refractivity contribution in [1.82, 2.24) is 5.32 Å². The Morgan fingerprint density at radius 3 is 2.40 bits per heavy atom. The Bertz CT molecular complexity index is 596. The molecule has 1 atom stereocenters. The molecule has 5 heteroatoms. The summed E-state index contributed by atoms with van der Waals surface area (Å²) in [5, 5.41) is 12.2. The average molecular weight is 342 g/mol. The number of phenols is 1. The van der Waals surface area contributed by atoms with E-state index in [0.29, 0.717) is 12.1 Å². The molecule has 106 valence electrons. The molecule has 0 fully saturated rings. The van der Waals surface area contributed by atoms with Crippen molar-refractivity contribution in [3.8, 4) is 5.75 Å². The second kappa shape index (κ2) is 6.33. The maximum atomic E-state index is 13.2. The van der Waals surface area contributed by atoms with E-state index < -0.39 is 17.4 Å². The molecule has 2 aromatic carbocycles. The number of rotatable bonds is 4. The van der Waals surface area contributed by atoms with Crippen molar-refractivity contribution in [1.29, 1.82) is 0 Å². The van der Waals surface area contributed by atoms with Crippen molar-refractivity contribution in [2.45, 2.75) is 19.5 Å².